The number of nitrogens with zero attached hydrogens (tertiary/aromatic N) is 5. The van der Waals surface area contributed by atoms with E-state index in [1.807, 2.05) is 14.0 Å². The van der Waals surface area contributed by atoms with Gasteiger partial charge in [-0.3, -0.25) is 14.2 Å². The zero-order valence-electron chi connectivity index (χ0n) is 12.4. The minimum absolute atomic E-state index is 0.0778. The number of hydrogen-bond donors (Lipinski definition) is 1. The summed E-state index contributed by atoms with van der Waals surface area (Å²) in [5.74, 6) is -1.56. The predicted octanol–water partition coefficient (Wildman–Crippen LogP) is 0.432. The van der Waals surface area contributed by atoms with Crippen LogP contribution in [0.3, 0.4) is 0 Å². The third-order valence-electron chi connectivity index (χ3n) is 3.46. The van der Waals surface area contributed by atoms with Crippen LogP contribution < -0.4 is 0 Å². The fraction of sp³-hybridized carbons (Fsp3) is 0.385. The van der Waals surface area contributed by atoms with Gasteiger partial charge >= 0.3 is 5.97 Å². The minimum Gasteiger partial charge on any atom is -0.477 e. The molecule has 2 heterocycles. The van der Waals surface area contributed by atoms with Gasteiger partial charge in [-0.25, -0.2) is 4.79 Å². The summed E-state index contributed by atoms with van der Waals surface area (Å²) < 4.78 is 2.90. The molecule has 0 aromatic carbocycles. The van der Waals surface area contributed by atoms with E-state index in [4.69, 9.17) is 5.11 Å². The van der Waals surface area contributed by atoms with Gasteiger partial charge in [-0.1, -0.05) is 0 Å². The molecule has 0 atom stereocenters. The number of carboxylic acid groups (broad SMARTS) is 1. The van der Waals surface area contributed by atoms with Crippen molar-refractivity contribution in [1.29, 1.82) is 0 Å². The molecule has 0 aliphatic rings. The van der Waals surface area contributed by atoms with Crippen molar-refractivity contribution in [1.82, 2.24) is 24.5 Å². The number of rotatable bonds is 4. The molecular weight excluding hydrogens is 274 g/mol. The lowest BCUT2D eigenvalue weighted by molar-refractivity contribution is 0.0669. The van der Waals surface area contributed by atoms with E-state index in [1.54, 1.807) is 17.9 Å². The Morgan fingerprint density at radius 3 is 2.38 bits per heavy atom. The van der Waals surface area contributed by atoms with Crippen molar-refractivity contribution < 1.29 is 14.7 Å². The maximum absolute atomic E-state index is 12.4. The molecule has 0 radical (unpaired) electrons. The zero-order valence-corrected chi connectivity index (χ0v) is 12.4. The standard InChI is InChI=1S/C13H17N5O3/c1-8-9(5-14-17(8)3)7-16(2)12(19)10-6-15-18(4)11(10)13(20)21/h5-6H,7H2,1-4H3,(H,20,21). The number of aromatic nitrogens is 4. The molecule has 0 spiro atoms. The number of carbonyl (C=O) groups excluding carboxylic acids is 1. The molecule has 0 saturated heterocycles. The molecule has 2 rings (SSSR count). The summed E-state index contributed by atoms with van der Waals surface area (Å²) >= 11 is 0. The summed E-state index contributed by atoms with van der Waals surface area (Å²) in [5.41, 5.74) is 1.83. The number of aryl methyl sites for hydroxylation is 2. The van der Waals surface area contributed by atoms with Gasteiger partial charge in [0, 0.05) is 38.9 Å². The van der Waals surface area contributed by atoms with Gasteiger partial charge in [-0.2, -0.15) is 10.2 Å². The summed E-state index contributed by atoms with van der Waals surface area (Å²) in [6.07, 6.45) is 2.97. The van der Waals surface area contributed by atoms with Gasteiger partial charge in [0.25, 0.3) is 5.91 Å². The molecular formula is C13H17N5O3. The minimum atomic E-state index is -1.18. The molecule has 0 aliphatic carbocycles. The van der Waals surface area contributed by atoms with Crippen LogP contribution >= 0.6 is 0 Å². The average molecular weight is 291 g/mol. The lowest BCUT2D eigenvalue weighted by atomic mass is 10.2. The number of aromatic carboxylic acids is 1. The molecule has 0 unspecified atom stereocenters. The van der Waals surface area contributed by atoms with E-state index in [0.29, 0.717) is 6.54 Å². The highest BCUT2D eigenvalue weighted by atomic mass is 16.4. The van der Waals surface area contributed by atoms with E-state index < -0.39 is 5.97 Å². The Balaban J connectivity index is 2.24. The Kier molecular flexibility index (Phi) is 3.79. The van der Waals surface area contributed by atoms with Crippen LogP contribution in [0.25, 0.3) is 0 Å². The summed E-state index contributed by atoms with van der Waals surface area (Å²) in [5, 5.41) is 17.1. The van der Waals surface area contributed by atoms with Gasteiger partial charge in [0.05, 0.1) is 18.0 Å². The Bertz CT molecular complexity index is 701. The first-order valence-corrected chi connectivity index (χ1v) is 6.31. The highest BCUT2D eigenvalue weighted by molar-refractivity contribution is 6.03. The largest absolute Gasteiger partial charge is 0.477 e. The second-order valence-electron chi connectivity index (χ2n) is 4.88. The molecule has 8 nitrogen and oxygen atoms in total. The Labute approximate surface area is 121 Å². The lowest BCUT2D eigenvalue weighted by Crippen LogP contribution is -2.28. The van der Waals surface area contributed by atoms with Crippen molar-refractivity contribution in [2.75, 3.05) is 7.05 Å². The highest BCUT2D eigenvalue weighted by Gasteiger charge is 2.24. The third kappa shape index (κ3) is 2.64. The van der Waals surface area contributed by atoms with Crippen molar-refractivity contribution in [3.05, 3.63) is 34.9 Å². The quantitative estimate of drug-likeness (QED) is 0.882. The van der Waals surface area contributed by atoms with Crippen molar-refractivity contribution in [3.8, 4) is 0 Å². The van der Waals surface area contributed by atoms with Crippen molar-refractivity contribution in [3.63, 3.8) is 0 Å². The first-order chi connectivity index (χ1) is 9.82. The van der Waals surface area contributed by atoms with Crippen LogP contribution in [0.2, 0.25) is 0 Å². The van der Waals surface area contributed by atoms with Crippen LogP contribution in [-0.4, -0.2) is 48.5 Å². The monoisotopic (exact) mass is 291 g/mol. The molecule has 2 aromatic heterocycles. The molecule has 8 heteroatoms. The van der Waals surface area contributed by atoms with Crippen LogP contribution in [0.1, 0.15) is 32.1 Å². The Morgan fingerprint density at radius 2 is 1.86 bits per heavy atom. The summed E-state index contributed by atoms with van der Waals surface area (Å²) in [7, 11) is 4.93. The Hall–Kier alpha value is -2.64. The number of hydrogen-bond acceptors (Lipinski definition) is 4. The first-order valence-electron chi connectivity index (χ1n) is 6.31. The predicted molar refractivity (Wildman–Crippen MR) is 73.9 cm³/mol. The van der Waals surface area contributed by atoms with E-state index in [2.05, 4.69) is 10.2 Å². The fourth-order valence-corrected chi connectivity index (χ4v) is 2.08. The van der Waals surface area contributed by atoms with Crippen LogP contribution in [0.15, 0.2) is 12.4 Å². The third-order valence-corrected chi connectivity index (χ3v) is 3.46. The van der Waals surface area contributed by atoms with Gasteiger partial charge in [0.2, 0.25) is 0 Å². The van der Waals surface area contributed by atoms with Crippen LogP contribution in [0, 0.1) is 6.92 Å². The van der Waals surface area contributed by atoms with Crippen LogP contribution in [-0.2, 0) is 20.6 Å². The van der Waals surface area contributed by atoms with E-state index in [0.717, 1.165) is 11.3 Å². The summed E-state index contributed by atoms with van der Waals surface area (Å²) in [6, 6.07) is 0. The van der Waals surface area contributed by atoms with E-state index in [-0.39, 0.29) is 17.2 Å². The number of amides is 1. The number of carbonyl (C=O) groups is 2. The molecule has 112 valence electrons. The average Bonchev–Trinajstić information content (AvgIpc) is 2.95. The van der Waals surface area contributed by atoms with Gasteiger partial charge < -0.3 is 10.0 Å². The molecule has 0 aliphatic heterocycles. The molecule has 2 aromatic rings. The van der Waals surface area contributed by atoms with E-state index in [9.17, 15) is 9.59 Å². The second-order valence-corrected chi connectivity index (χ2v) is 4.88. The van der Waals surface area contributed by atoms with Gasteiger partial charge in [0.15, 0.2) is 5.69 Å². The first kappa shape index (κ1) is 14.8. The molecule has 0 saturated carbocycles. The van der Waals surface area contributed by atoms with Gasteiger partial charge in [-0.05, 0) is 6.92 Å². The fourth-order valence-electron chi connectivity index (χ4n) is 2.08. The lowest BCUT2D eigenvalue weighted by Gasteiger charge is -2.16. The van der Waals surface area contributed by atoms with Crippen molar-refractivity contribution >= 4 is 11.9 Å². The SMILES string of the molecule is Cc1c(CN(C)C(=O)c2cnn(C)c2C(=O)O)cnn1C. The molecule has 0 fully saturated rings. The summed E-state index contributed by atoms with van der Waals surface area (Å²) in [4.78, 5) is 25.0. The highest BCUT2D eigenvalue weighted by Crippen LogP contribution is 2.14. The number of carboxylic acids is 1. The van der Waals surface area contributed by atoms with Crippen molar-refractivity contribution in [2.24, 2.45) is 14.1 Å². The molecule has 1 N–H and O–H groups in total. The van der Waals surface area contributed by atoms with Crippen LogP contribution in [0.4, 0.5) is 0 Å². The summed E-state index contributed by atoms with van der Waals surface area (Å²) in [6.45, 7) is 2.26. The molecule has 0 bridgehead atoms. The smallest absolute Gasteiger partial charge is 0.354 e. The van der Waals surface area contributed by atoms with E-state index >= 15 is 0 Å². The zero-order chi connectivity index (χ0) is 15.7. The van der Waals surface area contributed by atoms with Gasteiger partial charge in [-0.15, -0.1) is 0 Å². The normalized spacial score (nSPS) is 10.7. The van der Waals surface area contributed by atoms with E-state index in [1.165, 1.54) is 22.8 Å². The molecule has 1 amide bonds. The molecule has 21 heavy (non-hydrogen) atoms. The van der Waals surface area contributed by atoms with Crippen LogP contribution in [0.5, 0.6) is 0 Å². The Morgan fingerprint density at radius 1 is 1.24 bits per heavy atom. The second kappa shape index (κ2) is 5.39. The topological polar surface area (TPSA) is 93.2 Å². The maximum Gasteiger partial charge on any atom is 0.354 e. The van der Waals surface area contributed by atoms with Gasteiger partial charge in [0.1, 0.15) is 0 Å². The maximum atomic E-state index is 12.4. The van der Waals surface area contributed by atoms with Crippen molar-refractivity contribution in [2.45, 2.75) is 13.5 Å².